The van der Waals surface area contributed by atoms with E-state index >= 15 is 0 Å². The van der Waals surface area contributed by atoms with E-state index in [1.54, 1.807) is 26.1 Å². The van der Waals surface area contributed by atoms with Crippen LogP contribution in [-0.2, 0) is 4.74 Å². The molecule has 0 heterocycles. The summed E-state index contributed by atoms with van der Waals surface area (Å²) in [6.07, 6.45) is -0.235. The lowest BCUT2D eigenvalue weighted by Crippen LogP contribution is -2.29. The summed E-state index contributed by atoms with van der Waals surface area (Å²) in [4.78, 5) is 0. The van der Waals surface area contributed by atoms with E-state index in [0.717, 1.165) is 0 Å². The fourth-order valence-corrected chi connectivity index (χ4v) is 1.68. The first kappa shape index (κ1) is 13.1. The average Bonchev–Trinajstić information content (AvgIpc) is 2.29. The van der Waals surface area contributed by atoms with Gasteiger partial charge in [-0.3, -0.25) is 0 Å². The van der Waals surface area contributed by atoms with E-state index in [9.17, 15) is 8.78 Å². The van der Waals surface area contributed by atoms with Crippen molar-refractivity contribution in [3.05, 3.63) is 34.9 Å². The second kappa shape index (κ2) is 5.37. The van der Waals surface area contributed by atoms with Crippen molar-refractivity contribution < 1.29 is 13.5 Å². The van der Waals surface area contributed by atoms with E-state index in [2.05, 4.69) is 5.32 Å². The summed E-state index contributed by atoms with van der Waals surface area (Å²) in [6, 6.07) is 2.80. The number of rotatable bonds is 4. The zero-order valence-electron chi connectivity index (χ0n) is 9.97. The predicted octanol–water partition coefficient (Wildman–Crippen LogP) is 2.57. The van der Waals surface area contributed by atoms with Crippen LogP contribution in [0.4, 0.5) is 8.78 Å². The van der Waals surface area contributed by atoms with Gasteiger partial charge in [0, 0.05) is 12.7 Å². The van der Waals surface area contributed by atoms with Gasteiger partial charge in [-0.2, -0.15) is 0 Å². The zero-order chi connectivity index (χ0) is 12.3. The largest absolute Gasteiger partial charge is 0.380 e. The summed E-state index contributed by atoms with van der Waals surface area (Å²) in [6.45, 7) is 3.34. The van der Waals surface area contributed by atoms with Crippen LogP contribution in [-0.4, -0.2) is 20.3 Å². The highest BCUT2D eigenvalue weighted by Gasteiger charge is 2.23. The first-order valence-electron chi connectivity index (χ1n) is 5.17. The second-order valence-corrected chi connectivity index (χ2v) is 3.81. The molecule has 0 aliphatic carbocycles. The number of aryl methyl sites for hydroxylation is 1. The van der Waals surface area contributed by atoms with Crippen molar-refractivity contribution >= 4 is 0 Å². The van der Waals surface area contributed by atoms with Crippen molar-refractivity contribution in [2.45, 2.75) is 26.0 Å². The molecule has 0 fully saturated rings. The van der Waals surface area contributed by atoms with Crippen LogP contribution in [0.1, 0.15) is 24.1 Å². The minimum Gasteiger partial charge on any atom is -0.380 e. The maximum Gasteiger partial charge on any atom is 0.163 e. The monoisotopic (exact) mass is 229 g/mol. The van der Waals surface area contributed by atoms with Gasteiger partial charge in [-0.25, -0.2) is 8.78 Å². The van der Waals surface area contributed by atoms with E-state index in [1.165, 1.54) is 14.0 Å². The fraction of sp³-hybridized carbons (Fsp3) is 0.500. The summed E-state index contributed by atoms with van der Waals surface area (Å²) in [7, 11) is 3.23. The van der Waals surface area contributed by atoms with E-state index in [-0.39, 0.29) is 12.1 Å². The number of likely N-dealkylation sites (N-methyl/N-ethyl adjacent to an activating group) is 1. The van der Waals surface area contributed by atoms with Crippen LogP contribution < -0.4 is 5.32 Å². The lowest BCUT2D eigenvalue weighted by Gasteiger charge is -2.23. The molecule has 2 nitrogen and oxygen atoms in total. The van der Waals surface area contributed by atoms with Gasteiger partial charge < -0.3 is 10.1 Å². The molecule has 0 aliphatic heterocycles. The van der Waals surface area contributed by atoms with Crippen molar-refractivity contribution in [3.8, 4) is 0 Å². The van der Waals surface area contributed by atoms with Gasteiger partial charge in [-0.05, 0) is 26.5 Å². The van der Waals surface area contributed by atoms with Gasteiger partial charge >= 0.3 is 0 Å². The molecule has 0 aromatic heterocycles. The maximum atomic E-state index is 13.7. The Morgan fingerprint density at radius 2 is 1.88 bits per heavy atom. The first-order valence-corrected chi connectivity index (χ1v) is 5.17. The van der Waals surface area contributed by atoms with Crippen LogP contribution in [0.3, 0.4) is 0 Å². The summed E-state index contributed by atoms with van der Waals surface area (Å²) < 4.78 is 32.3. The van der Waals surface area contributed by atoms with Gasteiger partial charge in [0.25, 0.3) is 0 Å². The molecule has 4 heteroatoms. The number of ether oxygens (including phenoxy) is 1. The highest BCUT2D eigenvalue weighted by molar-refractivity contribution is 5.28. The normalized spacial score (nSPS) is 14.9. The van der Waals surface area contributed by atoms with Crippen molar-refractivity contribution in [1.82, 2.24) is 5.32 Å². The third kappa shape index (κ3) is 2.39. The molecule has 1 N–H and O–H groups in total. The third-order valence-electron chi connectivity index (χ3n) is 2.79. The fourth-order valence-electron chi connectivity index (χ4n) is 1.68. The molecule has 2 unspecified atom stereocenters. The van der Waals surface area contributed by atoms with Crippen molar-refractivity contribution in [3.63, 3.8) is 0 Å². The molecule has 0 amide bonds. The van der Waals surface area contributed by atoms with Crippen molar-refractivity contribution in [1.29, 1.82) is 0 Å². The molecule has 1 aromatic rings. The number of hydrogen-bond donors (Lipinski definition) is 1. The van der Waals surface area contributed by atoms with E-state index in [4.69, 9.17) is 4.74 Å². The number of methoxy groups -OCH3 is 1. The van der Waals surface area contributed by atoms with Gasteiger partial charge in [0.15, 0.2) is 11.6 Å². The van der Waals surface area contributed by atoms with Gasteiger partial charge in [-0.1, -0.05) is 12.1 Å². The van der Waals surface area contributed by atoms with Gasteiger partial charge in [0.1, 0.15) is 0 Å². The standard InChI is InChI=1S/C12H17F2NO/c1-7-5-6-9(11(14)10(7)13)12(15-3)8(2)16-4/h5-6,8,12,15H,1-4H3. The van der Waals surface area contributed by atoms with Crippen LogP contribution in [0.5, 0.6) is 0 Å². The quantitative estimate of drug-likeness (QED) is 0.856. The van der Waals surface area contributed by atoms with Gasteiger partial charge in [0.2, 0.25) is 0 Å². The average molecular weight is 229 g/mol. The second-order valence-electron chi connectivity index (χ2n) is 3.81. The van der Waals surface area contributed by atoms with Crippen LogP contribution in [0.15, 0.2) is 12.1 Å². The molecule has 90 valence electrons. The number of nitrogens with one attached hydrogen (secondary N) is 1. The molecule has 0 saturated heterocycles. The summed E-state index contributed by atoms with van der Waals surface area (Å²) in [5, 5.41) is 2.92. The van der Waals surface area contributed by atoms with Crippen molar-refractivity contribution in [2.24, 2.45) is 0 Å². The highest BCUT2D eigenvalue weighted by Crippen LogP contribution is 2.24. The Bertz CT molecular complexity index is 368. The van der Waals surface area contributed by atoms with Gasteiger partial charge in [-0.15, -0.1) is 0 Å². The summed E-state index contributed by atoms with van der Waals surface area (Å²) in [5.74, 6) is -1.59. The number of hydrogen-bond acceptors (Lipinski definition) is 2. The Kier molecular flexibility index (Phi) is 4.38. The summed E-state index contributed by atoms with van der Waals surface area (Å²) >= 11 is 0. The van der Waals surface area contributed by atoms with E-state index < -0.39 is 11.6 Å². The molecule has 1 rings (SSSR count). The Hall–Kier alpha value is -1.00. The summed E-state index contributed by atoms with van der Waals surface area (Å²) in [5.41, 5.74) is 0.598. The molecular formula is C12H17F2NO. The Labute approximate surface area is 94.6 Å². The maximum absolute atomic E-state index is 13.7. The molecule has 1 aromatic carbocycles. The minimum atomic E-state index is -0.803. The molecule has 0 radical (unpaired) electrons. The zero-order valence-corrected chi connectivity index (χ0v) is 9.97. The highest BCUT2D eigenvalue weighted by atomic mass is 19.2. The lowest BCUT2D eigenvalue weighted by molar-refractivity contribution is 0.0842. The van der Waals surface area contributed by atoms with Crippen molar-refractivity contribution in [2.75, 3.05) is 14.2 Å². The Morgan fingerprint density at radius 3 is 2.38 bits per heavy atom. The predicted molar refractivity (Wildman–Crippen MR) is 59.4 cm³/mol. The number of halogens is 2. The SMILES string of the molecule is CNC(c1ccc(C)c(F)c1F)C(C)OC. The molecule has 0 bridgehead atoms. The Balaban J connectivity index is 3.16. The third-order valence-corrected chi connectivity index (χ3v) is 2.79. The lowest BCUT2D eigenvalue weighted by atomic mass is 10.00. The molecule has 0 aliphatic rings. The molecule has 16 heavy (non-hydrogen) atoms. The smallest absolute Gasteiger partial charge is 0.163 e. The Morgan fingerprint density at radius 1 is 1.25 bits per heavy atom. The van der Waals surface area contributed by atoms with E-state index in [1.807, 2.05) is 0 Å². The van der Waals surface area contributed by atoms with Crippen LogP contribution in [0.25, 0.3) is 0 Å². The number of benzene rings is 1. The van der Waals surface area contributed by atoms with E-state index in [0.29, 0.717) is 11.1 Å². The van der Waals surface area contributed by atoms with Crippen LogP contribution >= 0.6 is 0 Å². The molecular weight excluding hydrogens is 212 g/mol. The minimum absolute atomic E-state index is 0.235. The molecule has 2 atom stereocenters. The van der Waals surface area contributed by atoms with Crippen LogP contribution in [0.2, 0.25) is 0 Å². The topological polar surface area (TPSA) is 21.3 Å². The van der Waals surface area contributed by atoms with Gasteiger partial charge in [0.05, 0.1) is 12.1 Å². The molecule has 0 saturated carbocycles. The van der Waals surface area contributed by atoms with Crippen LogP contribution in [0, 0.1) is 18.6 Å². The molecule has 0 spiro atoms. The first-order chi connectivity index (χ1) is 7.52.